The number of phenolic OH excluding ortho intramolecular Hbond substituents is 1. The molecule has 0 bridgehead atoms. The first-order valence-electron chi connectivity index (χ1n) is 6.11. The predicted molar refractivity (Wildman–Crippen MR) is 85.4 cm³/mol. The third-order valence-electron chi connectivity index (χ3n) is 2.79. The molecule has 1 heterocycles. The van der Waals surface area contributed by atoms with E-state index in [0.717, 1.165) is 5.56 Å². The van der Waals surface area contributed by atoms with E-state index in [9.17, 15) is 9.90 Å². The minimum absolute atomic E-state index is 0.170. The number of halogens is 2. The van der Waals surface area contributed by atoms with Gasteiger partial charge in [-0.15, -0.1) is 0 Å². The Morgan fingerprint density at radius 3 is 2.76 bits per heavy atom. The molecule has 0 radical (unpaired) electrons. The van der Waals surface area contributed by atoms with Crippen LogP contribution >= 0.6 is 27.5 Å². The molecule has 5 nitrogen and oxygen atoms in total. The van der Waals surface area contributed by atoms with E-state index in [-0.39, 0.29) is 16.8 Å². The Balaban J connectivity index is 2.02. The van der Waals surface area contributed by atoms with Crippen LogP contribution in [0, 0.1) is 0 Å². The number of carbonyl (C=O) groups excluding carboxylic acids is 1. The molecule has 1 aromatic carbocycles. The second-order valence-corrected chi connectivity index (χ2v) is 5.73. The van der Waals surface area contributed by atoms with Gasteiger partial charge in [0.2, 0.25) is 5.91 Å². The van der Waals surface area contributed by atoms with Crippen LogP contribution in [0.25, 0.3) is 0 Å². The van der Waals surface area contributed by atoms with Crippen molar-refractivity contribution in [3.63, 3.8) is 0 Å². The molecule has 1 atom stereocenters. The minimum Gasteiger partial charge on any atom is -0.508 e. The molecule has 0 saturated heterocycles. The second-order valence-electron chi connectivity index (χ2n) is 4.46. The summed E-state index contributed by atoms with van der Waals surface area (Å²) in [5.41, 5.74) is 7.13. The zero-order valence-corrected chi connectivity index (χ0v) is 13.2. The van der Waals surface area contributed by atoms with Gasteiger partial charge in [0.1, 0.15) is 5.75 Å². The van der Waals surface area contributed by atoms with Crippen LogP contribution in [-0.2, 0) is 11.2 Å². The van der Waals surface area contributed by atoms with Gasteiger partial charge in [-0.1, -0.05) is 23.7 Å². The molecule has 4 N–H and O–H groups in total. The number of phenols is 1. The lowest BCUT2D eigenvalue weighted by molar-refractivity contribution is -0.117. The Kier molecular flexibility index (Phi) is 5.17. The van der Waals surface area contributed by atoms with Crippen molar-refractivity contribution in [2.24, 2.45) is 5.73 Å². The van der Waals surface area contributed by atoms with Crippen LogP contribution < -0.4 is 11.1 Å². The number of hydrogen-bond acceptors (Lipinski definition) is 4. The average molecular weight is 371 g/mol. The highest BCUT2D eigenvalue weighted by molar-refractivity contribution is 9.10. The van der Waals surface area contributed by atoms with E-state index >= 15 is 0 Å². The maximum atomic E-state index is 12.1. The summed E-state index contributed by atoms with van der Waals surface area (Å²) < 4.78 is 0.703. The third-order valence-corrected chi connectivity index (χ3v) is 3.53. The summed E-state index contributed by atoms with van der Waals surface area (Å²) in [6, 6.07) is 7.46. The number of amides is 1. The largest absolute Gasteiger partial charge is 0.508 e. The first-order chi connectivity index (χ1) is 9.95. The molecule has 0 spiro atoms. The summed E-state index contributed by atoms with van der Waals surface area (Å²) >= 11 is 9.16. The van der Waals surface area contributed by atoms with Gasteiger partial charge in [-0.05, 0) is 46.1 Å². The highest BCUT2D eigenvalue weighted by atomic mass is 79.9. The summed E-state index contributed by atoms with van der Waals surface area (Å²) in [6.07, 6.45) is 1.89. The molecule has 0 aliphatic rings. The maximum Gasteiger partial charge on any atom is 0.241 e. The number of nitrogens with zero attached hydrogens (tertiary/aromatic N) is 1. The van der Waals surface area contributed by atoms with Gasteiger partial charge in [0.15, 0.2) is 5.15 Å². The van der Waals surface area contributed by atoms with Crippen LogP contribution in [0.4, 0.5) is 5.69 Å². The lowest BCUT2D eigenvalue weighted by atomic mass is 10.1. The SMILES string of the molecule is N[C@H](Cc1ccc(O)cc1)C(=O)Nc1cc(Br)cnc1Cl. The minimum atomic E-state index is -0.732. The van der Waals surface area contributed by atoms with Gasteiger partial charge in [0, 0.05) is 10.7 Å². The van der Waals surface area contributed by atoms with E-state index in [1.54, 1.807) is 30.3 Å². The number of carbonyl (C=O) groups is 1. The monoisotopic (exact) mass is 369 g/mol. The quantitative estimate of drug-likeness (QED) is 0.722. The first-order valence-corrected chi connectivity index (χ1v) is 7.28. The van der Waals surface area contributed by atoms with Crippen molar-refractivity contribution in [1.82, 2.24) is 4.98 Å². The Bertz CT molecular complexity index is 649. The number of nitrogens with two attached hydrogens (primary N) is 1. The van der Waals surface area contributed by atoms with Crippen molar-refractivity contribution in [2.75, 3.05) is 5.32 Å². The van der Waals surface area contributed by atoms with Crippen molar-refractivity contribution in [3.8, 4) is 5.75 Å². The average Bonchev–Trinajstić information content (AvgIpc) is 2.45. The molecule has 1 amide bonds. The van der Waals surface area contributed by atoms with Gasteiger partial charge < -0.3 is 16.2 Å². The van der Waals surface area contributed by atoms with Crippen molar-refractivity contribution in [1.29, 1.82) is 0 Å². The molecule has 110 valence electrons. The van der Waals surface area contributed by atoms with Crippen molar-refractivity contribution < 1.29 is 9.90 Å². The number of rotatable bonds is 4. The van der Waals surface area contributed by atoms with E-state index in [4.69, 9.17) is 17.3 Å². The zero-order chi connectivity index (χ0) is 15.4. The molecule has 0 unspecified atom stereocenters. The summed E-state index contributed by atoms with van der Waals surface area (Å²) in [4.78, 5) is 16.0. The topological polar surface area (TPSA) is 88.2 Å². The van der Waals surface area contributed by atoms with Gasteiger partial charge in [-0.2, -0.15) is 0 Å². The molecule has 1 aromatic heterocycles. The Hall–Kier alpha value is -1.63. The highest BCUT2D eigenvalue weighted by Gasteiger charge is 2.16. The summed E-state index contributed by atoms with van der Waals surface area (Å²) in [6.45, 7) is 0. The molecule has 0 fully saturated rings. The summed E-state index contributed by atoms with van der Waals surface area (Å²) in [5.74, 6) is -0.186. The molecular formula is C14H13BrClN3O2. The maximum absolute atomic E-state index is 12.1. The Labute approximate surface area is 135 Å². The lowest BCUT2D eigenvalue weighted by Gasteiger charge is -2.13. The molecule has 0 aliphatic carbocycles. The van der Waals surface area contributed by atoms with Crippen molar-refractivity contribution >= 4 is 39.1 Å². The third kappa shape index (κ3) is 4.42. The molecule has 2 aromatic rings. The van der Waals surface area contributed by atoms with E-state index in [1.807, 2.05) is 0 Å². The van der Waals surface area contributed by atoms with Gasteiger partial charge in [-0.3, -0.25) is 4.79 Å². The molecule has 0 saturated carbocycles. The summed E-state index contributed by atoms with van der Waals surface area (Å²) in [5, 5.41) is 12.1. The molecule has 0 aliphatic heterocycles. The molecule has 7 heteroatoms. The Morgan fingerprint density at radius 2 is 2.10 bits per heavy atom. The fraction of sp³-hybridized carbons (Fsp3) is 0.143. The van der Waals surface area contributed by atoms with Crippen LogP contribution in [0.5, 0.6) is 5.75 Å². The van der Waals surface area contributed by atoms with Gasteiger partial charge in [0.05, 0.1) is 11.7 Å². The molecule has 21 heavy (non-hydrogen) atoms. The number of pyridine rings is 1. The number of benzene rings is 1. The fourth-order valence-corrected chi connectivity index (χ4v) is 2.20. The predicted octanol–water partition coefficient (Wildman–Crippen LogP) is 2.71. The number of anilines is 1. The van der Waals surface area contributed by atoms with E-state index in [2.05, 4.69) is 26.2 Å². The van der Waals surface area contributed by atoms with Gasteiger partial charge in [-0.25, -0.2) is 4.98 Å². The first kappa shape index (κ1) is 15.8. The normalized spacial score (nSPS) is 12.0. The highest BCUT2D eigenvalue weighted by Crippen LogP contribution is 2.23. The van der Waals surface area contributed by atoms with Gasteiger partial charge >= 0.3 is 0 Å². The molecule has 2 rings (SSSR count). The lowest BCUT2D eigenvalue weighted by Crippen LogP contribution is -2.37. The van der Waals surface area contributed by atoms with E-state index in [1.165, 1.54) is 6.20 Å². The second kappa shape index (κ2) is 6.89. The molecular weight excluding hydrogens is 358 g/mol. The Morgan fingerprint density at radius 1 is 1.43 bits per heavy atom. The van der Waals surface area contributed by atoms with Crippen LogP contribution in [0.2, 0.25) is 5.15 Å². The van der Waals surface area contributed by atoms with Crippen LogP contribution in [0.3, 0.4) is 0 Å². The van der Waals surface area contributed by atoms with Gasteiger partial charge in [0.25, 0.3) is 0 Å². The van der Waals surface area contributed by atoms with E-state index < -0.39 is 6.04 Å². The zero-order valence-electron chi connectivity index (χ0n) is 10.9. The fourth-order valence-electron chi connectivity index (χ4n) is 1.71. The van der Waals surface area contributed by atoms with E-state index in [0.29, 0.717) is 16.6 Å². The smallest absolute Gasteiger partial charge is 0.241 e. The van der Waals surface area contributed by atoms with Crippen molar-refractivity contribution in [3.05, 3.63) is 51.7 Å². The van der Waals surface area contributed by atoms with Crippen LogP contribution in [0.1, 0.15) is 5.56 Å². The number of aromatic nitrogens is 1. The number of nitrogens with one attached hydrogen (secondary N) is 1. The van der Waals surface area contributed by atoms with Crippen LogP contribution in [-0.4, -0.2) is 22.0 Å². The standard InChI is InChI=1S/C14H13BrClN3O2/c15-9-6-12(13(16)18-7-9)19-14(21)11(17)5-8-1-3-10(20)4-2-8/h1-4,6-7,11,20H,5,17H2,(H,19,21)/t11-/m1/s1. The number of hydrogen-bond donors (Lipinski definition) is 3. The van der Waals surface area contributed by atoms with Crippen molar-refractivity contribution in [2.45, 2.75) is 12.5 Å². The number of aromatic hydroxyl groups is 1. The van der Waals surface area contributed by atoms with Crippen LogP contribution in [0.15, 0.2) is 41.0 Å². The summed E-state index contributed by atoms with van der Waals surface area (Å²) in [7, 11) is 0.